The maximum atomic E-state index is 7.23. The zero-order valence-corrected chi connectivity index (χ0v) is 21.0. The van der Waals surface area contributed by atoms with Crippen molar-refractivity contribution >= 4 is 31.0 Å². The van der Waals surface area contributed by atoms with Crippen LogP contribution in [0.1, 0.15) is 24.5 Å². The van der Waals surface area contributed by atoms with Crippen LogP contribution in [0, 0.1) is 13.8 Å². The summed E-state index contributed by atoms with van der Waals surface area (Å²) in [5.41, 5.74) is 3.84. The summed E-state index contributed by atoms with van der Waals surface area (Å²) in [4.78, 5) is 0. The number of hydrogen-bond acceptors (Lipinski definition) is 1. The van der Waals surface area contributed by atoms with Crippen LogP contribution in [0.3, 0.4) is 0 Å². The lowest BCUT2D eigenvalue weighted by Gasteiger charge is -2.45. The molecule has 0 saturated carbocycles. The molecule has 0 heterocycles. The van der Waals surface area contributed by atoms with Gasteiger partial charge in [0.05, 0.1) is 0 Å². The average molecular weight is 431 g/mol. The Morgan fingerprint density at radius 3 is 1.70 bits per heavy atom. The van der Waals surface area contributed by atoms with Crippen molar-refractivity contribution in [2.75, 3.05) is 6.61 Å². The van der Waals surface area contributed by atoms with Gasteiger partial charge in [-0.2, -0.15) is 0 Å². The first-order valence-electron chi connectivity index (χ1n) is 10.8. The molecule has 0 aromatic heterocycles. The van der Waals surface area contributed by atoms with Crippen molar-refractivity contribution in [2.24, 2.45) is 0 Å². The monoisotopic (exact) mass is 430 g/mol. The lowest BCUT2D eigenvalue weighted by molar-refractivity contribution is 0.330. The van der Waals surface area contributed by atoms with E-state index in [9.17, 15) is 0 Å². The van der Waals surface area contributed by atoms with Gasteiger partial charge in [-0.05, 0) is 48.7 Å². The van der Waals surface area contributed by atoms with E-state index in [1.165, 1.54) is 32.3 Å². The van der Waals surface area contributed by atoms with Gasteiger partial charge in [-0.1, -0.05) is 103 Å². The van der Waals surface area contributed by atoms with Gasteiger partial charge in [0, 0.05) is 6.61 Å². The number of rotatable bonds is 8. The van der Waals surface area contributed by atoms with Crippen LogP contribution in [-0.4, -0.2) is 22.0 Å². The van der Waals surface area contributed by atoms with Crippen molar-refractivity contribution in [3.05, 3.63) is 102 Å². The van der Waals surface area contributed by atoms with Crippen molar-refractivity contribution in [2.45, 2.75) is 40.3 Å². The minimum atomic E-state index is -2.57. The van der Waals surface area contributed by atoms with Crippen molar-refractivity contribution in [3.8, 4) is 0 Å². The van der Waals surface area contributed by atoms with Gasteiger partial charge < -0.3 is 4.43 Å². The van der Waals surface area contributed by atoms with Crippen LogP contribution in [0.4, 0.5) is 0 Å². The summed E-state index contributed by atoms with van der Waals surface area (Å²) in [7, 11) is -4.66. The lowest BCUT2D eigenvalue weighted by Crippen LogP contribution is -2.81. The Balaban J connectivity index is 2.36. The molecule has 3 rings (SSSR count). The molecule has 3 aromatic carbocycles. The molecule has 156 valence electrons. The normalized spacial score (nSPS) is 12.0. The molecule has 0 radical (unpaired) electrons. The number of aryl methyl sites for hydroxylation is 2. The van der Waals surface area contributed by atoms with Crippen LogP contribution in [0.15, 0.2) is 91.0 Å². The van der Waals surface area contributed by atoms with Crippen LogP contribution in [-0.2, 0) is 4.43 Å². The van der Waals surface area contributed by atoms with Gasteiger partial charge in [-0.3, -0.25) is 0 Å². The molecule has 0 aliphatic carbocycles. The molecule has 0 bridgehead atoms. The minimum Gasteiger partial charge on any atom is -0.410 e. The molecular weight excluding hydrogens is 396 g/mol. The van der Waals surface area contributed by atoms with Crippen molar-refractivity contribution in [1.82, 2.24) is 0 Å². The first kappa shape index (κ1) is 22.5. The molecule has 3 aromatic rings. The van der Waals surface area contributed by atoms with Gasteiger partial charge in [0.1, 0.15) is 7.59 Å². The Hall–Kier alpha value is -2.21. The van der Waals surface area contributed by atoms with Crippen LogP contribution in [0.5, 0.6) is 0 Å². The van der Waals surface area contributed by atoms with Gasteiger partial charge in [-0.15, -0.1) is 6.58 Å². The predicted octanol–water partition coefficient (Wildman–Crippen LogP) is 5.04. The van der Waals surface area contributed by atoms with E-state index in [1.807, 2.05) is 0 Å². The highest BCUT2D eigenvalue weighted by Gasteiger charge is 2.56. The molecule has 1 nitrogen and oxygen atoms in total. The third kappa shape index (κ3) is 4.15. The maximum Gasteiger partial charge on any atom is 0.245 e. The molecule has 0 fully saturated rings. The number of hydrogen-bond donors (Lipinski definition) is 0. The van der Waals surface area contributed by atoms with Gasteiger partial charge in [0.2, 0.25) is 7.83 Å². The molecule has 0 aliphatic heterocycles. The second kappa shape index (κ2) is 9.29. The Morgan fingerprint density at radius 2 is 1.23 bits per heavy atom. The number of benzene rings is 3. The first-order chi connectivity index (χ1) is 14.3. The van der Waals surface area contributed by atoms with Crippen LogP contribution in [0.2, 0.25) is 13.1 Å². The fourth-order valence-electron chi connectivity index (χ4n) is 4.53. The Kier molecular flexibility index (Phi) is 6.96. The molecule has 0 atom stereocenters. The SMILES string of the molecule is C=C(C)CCO[Si](c1ccccc1C)(c1ccccc1C)[Si](C)(C)c1ccccc1. The van der Waals surface area contributed by atoms with Crippen LogP contribution >= 0.6 is 0 Å². The predicted molar refractivity (Wildman–Crippen MR) is 136 cm³/mol. The average Bonchev–Trinajstić information content (AvgIpc) is 2.73. The van der Waals surface area contributed by atoms with E-state index in [0.717, 1.165) is 6.42 Å². The molecule has 0 aliphatic rings. The highest BCUT2D eigenvalue weighted by Crippen LogP contribution is 2.25. The van der Waals surface area contributed by atoms with E-state index >= 15 is 0 Å². The van der Waals surface area contributed by atoms with Gasteiger partial charge in [0.25, 0.3) is 0 Å². The Labute approximate surface area is 184 Å². The van der Waals surface area contributed by atoms with Crippen LogP contribution < -0.4 is 15.6 Å². The molecule has 0 spiro atoms. The summed E-state index contributed by atoms with van der Waals surface area (Å²) in [5.74, 6) is 0. The Bertz CT molecular complexity index is 963. The van der Waals surface area contributed by atoms with Gasteiger partial charge in [0.15, 0.2) is 0 Å². The van der Waals surface area contributed by atoms with Gasteiger partial charge in [-0.25, -0.2) is 0 Å². The van der Waals surface area contributed by atoms with E-state index in [0.29, 0.717) is 6.61 Å². The third-order valence-corrected chi connectivity index (χ3v) is 21.3. The largest absolute Gasteiger partial charge is 0.410 e. The van der Waals surface area contributed by atoms with E-state index in [4.69, 9.17) is 4.43 Å². The van der Waals surface area contributed by atoms with Crippen molar-refractivity contribution < 1.29 is 4.43 Å². The molecular formula is C27H34OSi2. The molecule has 3 heteroatoms. The lowest BCUT2D eigenvalue weighted by atomic mass is 10.2. The van der Waals surface area contributed by atoms with Crippen LogP contribution in [0.25, 0.3) is 0 Å². The van der Waals surface area contributed by atoms with Crippen molar-refractivity contribution in [1.29, 1.82) is 0 Å². The van der Waals surface area contributed by atoms with E-state index in [-0.39, 0.29) is 0 Å². The topological polar surface area (TPSA) is 9.23 Å². The fourth-order valence-corrected chi connectivity index (χ4v) is 19.4. The Morgan fingerprint density at radius 1 is 0.767 bits per heavy atom. The molecule has 0 N–H and O–H groups in total. The summed E-state index contributed by atoms with van der Waals surface area (Å²) in [6.07, 6.45) is 0.895. The van der Waals surface area contributed by atoms with Gasteiger partial charge >= 0.3 is 0 Å². The molecule has 0 saturated heterocycles. The first-order valence-corrected chi connectivity index (χ1v) is 16.7. The second-order valence-electron chi connectivity index (χ2n) is 8.86. The minimum absolute atomic E-state index is 0.716. The molecule has 0 unspecified atom stereocenters. The van der Waals surface area contributed by atoms with E-state index < -0.39 is 15.4 Å². The van der Waals surface area contributed by atoms with E-state index in [2.05, 4.69) is 119 Å². The summed E-state index contributed by atoms with van der Waals surface area (Å²) >= 11 is 0. The fraction of sp³-hybridized carbons (Fsp3) is 0.259. The highest BCUT2D eigenvalue weighted by molar-refractivity contribution is 7.52. The quantitative estimate of drug-likeness (QED) is 0.359. The summed E-state index contributed by atoms with van der Waals surface area (Å²) < 4.78 is 7.23. The zero-order valence-electron chi connectivity index (χ0n) is 19.0. The molecule has 30 heavy (non-hydrogen) atoms. The smallest absolute Gasteiger partial charge is 0.245 e. The highest BCUT2D eigenvalue weighted by atomic mass is 29.3. The summed E-state index contributed by atoms with van der Waals surface area (Å²) in [5, 5.41) is 4.29. The third-order valence-electron chi connectivity index (χ3n) is 6.27. The zero-order chi connectivity index (χ0) is 21.8. The molecule has 0 amide bonds. The second-order valence-corrected chi connectivity index (χ2v) is 21.3. The summed E-state index contributed by atoms with van der Waals surface area (Å²) in [6, 6.07) is 28.9. The maximum absolute atomic E-state index is 7.23. The van der Waals surface area contributed by atoms with Crippen molar-refractivity contribution in [3.63, 3.8) is 0 Å². The summed E-state index contributed by atoms with van der Waals surface area (Å²) in [6.45, 7) is 16.4. The standard InChI is InChI=1S/C27H34OSi2/c1-22(2)20-21-28-30(26-18-12-10-14-23(26)3,27-19-13-11-15-24(27)4)29(5,6)25-16-8-7-9-17-25/h7-19H,1,20-21H2,2-6H3. The van der Waals surface area contributed by atoms with E-state index in [1.54, 1.807) is 0 Å².